The van der Waals surface area contributed by atoms with E-state index < -0.39 is 11.9 Å². The van der Waals surface area contributed by atoms with E-state index in [2.05, 4.69) is 4.74 Å². The molecule has 1 rings (SSSR count). The molecule has 1 aliphatic rings. The molecule has 0 N–H and O–H groups in total. The van der Waals surface area contributed by atoms with Crippen LogP contribution in [0.4, 0.5) is 0 Å². The predicted molar refractivity (Wildman–Crippen MR) is 38.7 cm³/mol. The van der Waals surface area contributed by atoms with Crippen LogP contribution in [-0.2, 0) is 14.3 Å². The summed E-state index contributed by atoms with van der Waals surface area (Å²) in [5.74, 6) is -0.830. The number of carbonyl (C=O) groups is 2. The largest absolute Gasteiger partial charge is 0.393 e. The van der Waals surface area contributed by atoms with Gasteiger partial charge in [-0.15, -0.1) is 0 Å². The Balaban J connectivity index is 2.49. The molecule has 0 radical (unpaired) electrons. The number of esters is 2. The molecule has 0 aromatic carbocycles. The molecule has 0 spiro atoms. The average molecular weight is 154 g/mol. The molecule has 60 valence electrons. The lowest BCUT2D eigenvalue weighted by molar-refractivity contribution is -0.159. The zero-order valence-electron chi connectivity index (χ0n) is 6.21. The van der Waals surface area contributed by atoms with Crippen LogP contribution >= 0.6 is 0 Å². The Morgan fingerprint density at radius 3 is 1.91 bits per heavy atom. The first-order chi connectivity index (χ1) is 5.29. The molecule has 0 amide bonds. The van der Waals surface area contributed by atoms with Crippen LogP contribution in [0.15, 0.2) is 12.2 Å². The van der Waals surface area contributed by atoms with Crippen molar-refractivity contribution >= 4 is 11.9 Å². The van der Waals surface area contributed by atoms with E-state index in [-0.39, 0.29) is 0 Å². The molecule has 0 fully saturated rings. The van der Waals surface area contributed by atoms with Crippen LogP contribution in [0.2, 0.25) is 0 Å². The zero-order chi connectivity index (χ0) is 8.10. The van der Waals surface area contributed by atoms with Gasteiger partial charge in [-0.3, -0.25) is 9.59 Å². The topological polar surface area (TPSA) is 43.4 Å². The summed E-state index contributed by atoms with van der Waals surface area (Å²) < 4.78 is 4.45. The first-order valence-electron chi connectivity index (χ1n) is 3.67. The fourth-order valence-electron chi connectivity index (χ4n) is 0.867. The van der Waals surface area contributed by atoms with Crippen molar-refractivity contribution in [2.75, 3.05) is 0 Å². The Morgan fingerprint density at radius 2 is 1.45 bits per heavy atom. The number of hydrogen-bond donors (Lipinski definition) is 0. The lowest BCUT2D eigenvalue weighted by Crippen LogP contribution is -2.10. The monoisotopic (exact) mass is 154 g/mol. The fourth-order valence-corrected chi connectivity index (χ4v) is 0.867. The van der Waals surface area contributed by atoms with Crippen molar-refractivity contribution in [3.8, 4) is 0 Å². The second kappa shape index (κ2) is 3.91. The van der Waals surface area contributed by atoms with Gasteiger partial charge in [0.05, 0.1) is 0 Å². The van der Waals surface area contributed by atoms with Gasteiger partial charge in [-0.25, -0.2) is 0 Å². The minimum absolute atomic E-state index is 0.308. The van der Waals surface area contributed by atoms with Crippen LogP contribution < -0.4 is 0 Å². The van der Waals surface area contributed by atoms with Gasteiger partial charge >= 0.3 is 11.9 Å². The molecule has 0 saturated heterocycles. The molecule has 0 bridgehead atoms. The molecule has 0 aromatic rings. The van der Waals surface area contributed by atoms with Gasteiger partial charge in [0, 0.05) is 12.8 Å². The second-order valence-corrected chi connectivity index (χ2v) is 2.39. The molecule has 0 saturated carbocycles. The highest BCUT2D eigenvalue weighted by Gasteiger charge is 2.09. The predicted octanol–water partition coefficient (Wildman–Crippen LogP) is 1.19. The summed E-state index contributed by atoms with van der Waals surface area (Å²) in [6, 6.07) is 0. The van der Waals surface area contributed by atoms with Crippen LogP contribution in [0.3, 0.4) is 0 Å². The summed E-state index contributed by atoms with van der Waals surface area (Å²) in [5.41, 5.74) is 0. The minimum Gasteiger partial charge on any atom is -0.393 e. The molecular formula is C8H10O3. The van der Waals surface area contributed by atoms with Gasteiger partial charge in [-0.05, 0) is 12.8 Å². The Hall–Kier alpha value is -1.12. The summed E-state index contributed by atoms with van der Waals surface area (Å²) in [4.78, 5) is 21.4. The maximum absolute atomic E-state index is 10.7. The number of carbonyl (C=O) groups excluding carboxylic acids is 2. The van der Waals surface area contributed by atoms with Crippen LogP contribution in [0.25, 0.3) is 0 Å². The van der Waals surface area contributed by atoms with Gasteiger partial charge in [0.25, 0.3) is 0 Å². The second-order valence-electron chi connectivity index (χ2n) is 2.39. The standard InChI is InChI=1S/C8H10O3/c9-7-5-3-1-2-4-6-8(10)11-7/h1-2H,3-6H2/b2-1+. The molecule has 1 heterocycles. The molecule has 0 unspecified atom stereocenters. The van der Waals surface area contributed by atoms with Crippen molar-refractivity contribution in [1.29, 1.82) is 0 Å². The molecule has 1 aliphatic heterocycles. The highest BCUT2D eigenvalue weighted by Crippen LogP contribution is 2.03. The zero-order valence-corrected chi connectivity index (χ0v) is 6.21. The van der Waals surface area contributed by atoms with Crippen molar-refractivity contribution in [3.05, 3.63) is 12.2 Å². The summed E-state index contributed by atoms with van der Waals surface area (Å²) in [5, 5.41) is 0. The van der Waals surface area contributed by atoms with Crippen molar-refractivity contribution in [1.82, 2.24) is 0 Å². The van der Waals surface area contributed by atoms with E-state index in [1.807, 2.05) is 12.2 Å². The maximum Gasteiger partial charge on any atom is 0.313 e. The Labute approximate surface area is 65.0 Å². The van der Waals surface area contributed by atoms with Gasteiger partial charge in [0.15, 0.2) is 0 Å². The molecule has 0 aromatic heterocycles. The minimum atomic E-state index is -0.415. The number of allylic oxidation sites excluding steroid dienone is 2. The number of rotatable bonds is 0. The van der Waals surface area contributed by atoms with Crippen molar-refractivity contribution in [2.24, 2.45) is 0 Å². The van der Waals surface area contributed by atoms with Crippen LogP contribution in [-0.4, -0.2) is 11.9 Å². The van der Waals surface area contributed by atoms with E-state index in [0.29, 0.717) is 25.7 Å². The van der Waals surface area contributed by atoms with Gasteiger partial charge in [0.1, 0.15) is 0 Å². The summed E-state index contributed by atoms with van der Waals surface area (Å²) in [6.07, 6.45) is 5.77. The quantitative estimate of drug-likeness (QED) is 0.299. The molecule has 3 nitrogen and oxygen atoms in total. The van der Waals surface area contributed by atoms with Gasteiger partial charge in [-0.1, -0.05) is 12.2 Å². The lowest BCUT2D eigenvalue weighted by atomic mass is 10.2. The van der Waals surface area contributed by atoms with Gasteiger partial charge in [-0.2, -0.15) is 0 Å². The van der Waals surface area contributed by atoms with Crippen molar-refractivity contribution in [2.45, 2.75) is 25.7 Å². The van der Waals surface area contributed by atoms with E-state index in [1.54, 1.807) is 0 Å². The highest BCUT2D eigenvalue weighted by atomic mass is 16.6. The summed E-state index contributed by atoms with van der Waals surface area (Å²) >= 11 is 0. The lowest BCUT2D eigenvalue weighted by Gasteiger charge is -1.97. The number of cyclic esters (lactones) is 2. The summed E-state index contributed by atoms with van der Waals surface area (Å²) in [7, 11) is 0. The molecule has 11 heavy (non-hydrogen) atoms. The van der Waals surface area contributed by atoms with Gasteiger partial charge in [0.2, 0.25) is 0 Å². The number of hydrogen-bond acceptors (Lipinski definition) is 3. The van der Waals surface area contributed by atoms with E-state index >= 15 is 0 Å². The molecule has 3 heteroatoms. The summed E-state index contributed by atoms with van der Waals surface area (Å²) in [6.45, 7) is 0. The number of ether oxygens (including phenoxy) is 1. The molecule has 0 aliphatic carbocycles. The van der Waals surface area contributed by atoms with Crippen molar-refractivity contribution in [3.63, 3.8) is 0 Å². The van der Waals surface area contributed by atoms with Gasteiger partial charge < -0.3 is 4.74 Å². The SMILES string of the molecule is O=C1CC/C=C/CCC(=O)O1. The first-order valence-corrected chi connectivity index (χ1v) is 3.67. The Morgan fingerprint density at radius 1 is 1.00 bits per heavy atom. The third-order valence-corrected chi connectivity index (χ3v) is 1.42. The molecule has 0 atom stereocenters. The average Bonchev–Trinajstić information content (AvgIpc) is 2.02. The molecular weight excluding hydrogens is 144 g/mol. The van der Waals surface area contributed by atoms with Crippen LogP contribution in [0.5, 0.6) is 0 Å². The van der Waals surface area contributed by atoms with E-state index in [4.69, 9.17) is 0 Å². The van der Waals surface area contributed by atoms with Crippen LogP contribution in [0, 0.1) is 0 Å². The Kier molecular flexibility index (Phi) is 2.83. The van der Waals surface area contributed by atoms with E-state index in [9.17, 15) is 9.59 Å². The smallest absolute Gasteiger partial charge is 0.313 e. The van der Waals surface area contributed by atoms with Crippen molar-refractivity contribution < 1.29 is 14.3 Å². The van der Waals surface area contributed by atoms with E-state index in [1.165, 1.54) is 0 Å². The normalized spacial score (nSPS) is 22.9. The third-order valence-electron chi connectivity index (χ3n) is 1.42. The van der Waals surface area contributed by atoms with Crippen LogP contribution in [0.1, 0.15) is 25.7 Å². The maximum atomic E-state index is 10.7. The highest BCUT2D eigenvalue weighted by molar-refractivity contribution is 5.85. The van der Waals surface area contributed by atoms with E-state index in [0.717, 1.165) is 0 Å². The first kappa shape index (κ1) is 7.98. The fraction of sp³-hybridized carbons (Fsp3) is 0.500. The third kappa shape index (κ3) is 2.98. The Bertz CT molecular complexity index is 174.